The van der Waals surface area contributed by atoms with Gasteiger partial charge >= 0.3 is 0 Å². The number of unbranched alkanes of at least 4 members (excludes halogenated alkanes) is 4. The molecule has 1 N–H and O–H groups in total. The molecule has 0 amide bonds. The van der Waals surface area contributed by atoms with Crippen molar-refractivity contribution in [1.82, 2.24) is 3.53 Å². The highest BCUT2D eigenvalue weighted by atomic mass is 127. The van der Waals surface area contributed by atoms with E-state index >= 15 is 0 Å². The Balaban J connectivity index is 4.52. The summed E-state index contributed by atoms with van der Waals surface area (Å²) in [4.78, 5) is 0. The number of rotatable bonds is 14. The van der Waals surface area contributed by atoms with Gasteiger partial charge in [0.25, 0.3) is 0 Å². The zero-order valence-electron chi connectivity index (χ0n) is 17.9. The predicted octanol–water partition coefficient (Wildman–Crippen LogP) is 8.36. The molecule has 0 fully saturated rings. The molecule has 1 atom stereocenters. The molecule has 0 radical (unpaired) electrons. The molecule has 1 unspecified atom stereocenters. The third kappa shape index (κ3) is 14.1. The Kier molecular flexibility index (Phi) is 12.8. The second kappa shape index (κ2) is 12.3. The number of hydrogen-bond donors (Lipinski definition) is 1. The highest BCUT2D eigenvalue weighted by Gasteiger charge is 2.28. The molecule has 0 aliphatic rings. The Morgan fingerprint density at radius 2 is 1.29 bits per heavy atom. The van der Waals surface area contributed by atoms with Gasteiger partial charge in [0.2, 0.25) is 0 Å². The maximum atomic E-state index is 3.76. The summed E-state index contributed by atoms with van der Waals surface area (Å²) in [6, 6.07) is 1.49. The fraction of sp³-hybridized carbons (Fsp3) is 1.00. The SMILES string of the molecule is CCCCCCC(CCCC[Si](C)(C)C)(CCCC(C)(C)C)NI. The Bertz CT molecular complexity index is 306. The third-order valence-corrected chi connectivity index (χ3v) is 8.12. The molecule has 0 aromatic heterocycles. The van der Waals surface area contributed by atoms with E-state index in [1.54, 1.807) is 0 Å². The van der Waals surface area contributed by atoms with Crippen LogP contribution in [0.1, 0.15) is 98.3 Å². The van der Waals surface area contributed by atoms with E-state index in [0.717, 1.165) is 0 Å². The quantitative estimate of drug-likeness (QED) is 0.117. The molecule has 146 valence electrons. The van der Waals surface area contributed by atoms with Crippen LogP contribution in [0.5, 0.6) is 0 Å². The lowest BCUT2D eigenvalue weighted by Gasteiger charge is -2.34. The summed E-state index contributed by atoms with van der Waals surface area (Å²) in [6.07, 6.45) is 15.2. The van der Waals surface area contributed by atoms with Crippen LogP contribution in [0, 0.1) is 5.41 Å². The maximum Gasteiger partial charge on any atom is 0.0442 e. The van der Waals surface area contributed by atoms with Gasteiger partial charge in [0.05, 0.1) is 0 Å². The van der Waals surface area contributed by atoms with Gasteiger partial charge in [0.1, 0.15) is 0 Å². The molecule has 0 aromatic rings. The van der Waals surface area contributed by atoms with E-state index in [1.807, 2.05) is 0 Å². The van der Waals surface area contributed by atoms with E-state index in [0.29, 0.717) is 11.0 Å². The summed E-state index contributed by atoms with van der Waals surface area (Å²) >= 11 is 2.45. The van der Waals surface area contributed by atoms with Crippen molar-refractivity contribution >= 4 is 30.9 Å². The Labute approximate surface area is 169 Å². The molecule has 0 saturated carbocycles. The first kappa shape index (κ1) is 24.9. The van der Waals surface area contributed by atoms with Crippen molar-refractivity contribution < 1.29 is 0 Å². The lowest BCUT2D eigenvalue weighted by atomic mass is 9.80. The minimum atomic E-state index is -0.872. The number of hydrogen-bond acceptors (Lipinski definition) is 1. The summed E-state index contributed by atoms with van der Waals surface area (Å²) in [5.41, 5.74) is 0.857. The van der Waals surface area contributed by atoms with Crippen molar-refractivity contribution in [3.05, 3.63) is 0 Å². The summed E-state index contributed by atoms with van der Waals surface area (Å²) < 4.78 is 3.76. The molecule has 24 heavy (non-hydrogen) atoms. The monoisotopic (exact) mass is 467 g/mol. The van der Waals surface area contributed by atoms with Crippen molar-refractivity contribution in [1.29, 1.82) is 0 Å². The topological polar surface area (TPSA) is 12.0 Å². The highest BCUT2D eigenvalue weighted by Crippen LogP contribution is 2.32. The summed E-state index contributed by atoms with van der Waals surface area (Å²) in [5, 5.41) is 0. The van der Waals surface area contributed by atoms with Gasteiger partial charge in [0.15, 0.2) is 0 Å². The van der Waals surface area contributed by atoms with Crippen LogP contribution in [0.25, 0.3) is 0 Å². The molecule has 0 aliphatic carbocycles. The van der Waals surface area contributed by atoms with Crippen LogP contribution in [0.4, 0.5) is 0 Å². The third-order valence-electron chi connectivity index (χ3n) is 5.12. The van der Waals surface area contributed by atoms with Gasteiger partial charge in [-0.05, 0) is 31.1 Å². The van der Waals surface area contributed by atoms with E-state index in [-0.39, 0.29) is 0 Å². The minimum absolute atomic E-state index is 0.388. The van der Waals surface area contributed by atoms with E-state index in [1.165, 1.54) is 76.7 Å². The van der Waals surface area contributed by atoms with Crippen LogP contribution in [0.2, 0.25) is 25.7 Å². The average molecular weight is 468 g/mol. The van der Waals surface area contributed by atoms with Gasteiger partial charge in [0, 0.05) is 36.5 Å². The second-order valence-electron chi connectivity index (χ2n) is 10.4. The first-order chi connectivity index (χ1) is 11.0. The molecule has 0 aromatic carbocycles. The van der Waals surface area contributed by atoms with Gasteiger partial charge in [-0.2, -0.15) is 0 Å². The predicted molar refractivity (Wildman–Crippen MR) is 124 cm³/mol. The zero-order valence-corrected chi connectivity index (χ0v) is 21.0. The van der Waals surface area contributed by atoms with Crippen LogP contribution in [-0.4, -0.2) is 13.6 Å². The fourth-order valence-electron chi connectivity index (χ4n) is 3.48. The first-order valence-corrected chi connectivity index (χ1v) is 15.2. The number of nitrogens with one attached hydrogen (secondary N) is 1. The second-order valence-corrected chi connectivity index (χ2v) is 16.5. The smallest absolute Gasteiger partial charge is 0.0442 e. The van der Waals surface area contributed by atoms with E-state index in [4.69, 9.17) is 0 Å². The fourth-order valence-corrected chi connectivity index (χ4v) is 5.60. The van der Waals surface area contributed by atoms with Gasteiger partial charge in [-0.3, -0.25) is 3.53 Å². The van der Waals surface area contributed by atoms with E-state index in [2.05, 4.69) is 73.7 Å². The number of halogens is 1. The van der Waals surface area contributed by atoms with Crippen LogP contribution >= 0.6 is 22.9 Å². The molecule has 0 rings (SSSR count). The van der Waals surface area contributed by atoms with Crippen molar-refractivity contribution in [2.24, 2.45) is 5.41 Å². The molecule has 3 heteroatoms. The Hall–Kier alpha value is 0.907. The van der Waals surface area contributed by atoms with E-state index < -0.39 is 8.07 Å². The molecule has 0 heterocycles. The standard InChI is InChI=1S/C21H46INSi/c1-8-9-10-11-16-21(23-22,18-14-15-20(2,3)4)17-12-13-19-24(5,6)7/h23H,8-19H2,1-7H3. The molecular weight excluding hydrogens is 421 g/mol. The summed E-state index contributed by atoms with van der Waals surface area (Å²) in [5.74, 6) is 0. The summed E-state index contributed by atoms with van der Waals surface area (Å²) in [6.45, 7) is 17.0. The van der Waals surface area contributed by atoms with Crippen LogP contribution in [0.3, 0.4) is 0 Å². The molecule has 1 nitrogen and oxygen atoms in total. The van der Waals surface area contributed by atoms with Gasteiger partial charge in [-0.25, -0.2) is 0 Å². The minimum Gasteiger partial charge on any atom is -0.255 e. The molecule has 0 saturated heterocycles. The Morgan fingerprint density at radius 1 is 0.750 bits per heavy atom. The highest BCUT2D eigenvalue weighted by molar-refractivity contribution is 14.1. The van der Waals surface area contributed by atoms with Gasteiger partial charge in [-0.15, -0.1) is 0 Å². The van der Waals surface area contributed by atoms with Crippen molar-refractivity contribution in [2.45, 2.75) is 130 Å². The van der Waals surface area contributed by atoms with Crippen LogP contribution in [0.15, 0.2) is 0 Å². The lowest BCUT2D eigenvalue weighted by Crippen LogP contribution is -2.40. The van der Waals surface area contributed by atoms with Crippen molar-refractivity contribution in [3.8, 4) is 0 Å². The Morgan fingerprint density at radius 3 is 1.75 bits per heavy atom. The van der Waals surface area contributed by atoms with Crippen LogP contribution in [-0.2, 0) is 0 Å². The maximum absolute atomic E-state index is 3.76. The normalized spacial score (nSPS) is 15.5. The first-order valence-electron chi connectivity index (χ1n) is 10.4. The molecule has 0 spiro atoms. The molecular formula is C21H46INSi. The molecule has 0 aliphatic heterocycles. The molecule has 0 bridgehead atoms. The lowest BCUT2D eigenvalue weighted by molar-refractivity contribution is 0.268. The zero-order chi connectivity index (χ0) is 18.7. The van der Waals surface area contributed by atoms with E-state index in [9.17, 15) is 0 Å². The van der Waals surface area contributed by atoms with Gasteiger partial charge < -0.3 is 0 Å². The van der Waals surface area contributed by atoms with Crippen molar-refractivity contribution in [2.75, 3.05) is 0 Å². The van der Waals surface area contributed by atoms with Crippen molar-refractivity contribution in [3.63, 3.8) is 0 Å². The average Bonchev–Trinajstić information content (AvgIpc) is 2.45. The van der Waals surface area contributed by atoms with Crippen LogP contribution < -0.4 is 3.53 Å². The largest absolute Gasteiger partial charge is 0.255 e. The van der Waals surface area contributed by atoms with Gasteiger partial charge in [-0.1, -0.05) is 98.3 Å². The summed E-state index contributed by atoms with van der Waals surface area (Å²) in [7, 11) is -0.872.